The van der Waals surface area contributed by atoms with Crippen molar-refractivity contribution in [3.8, 4) is 6.19 Å². The molecule has 1 aromatic carbocycles. The Kier molecular flexibility index (Phi) is 7.27. The fraction of sp³-hybridized carbons (Fsp3) is 0.519. The van der Waals surface area contributed by atoms with Crippen molar-refractivity contribution < 1.29 is 4.79 Å². The van der Waals surface area contributed by atoms with E-state index in [0.29, 0.717) is 24.2 Å². The first-order chi connectivity index (χ1) is 16.5. The second-order valence-electron chi connectivity index (χ2n) is 9.94. The third-order valence-corrected chi connectivity index (χ3v) is 9.16. The van der Waals surface area contributed by atoms with E-state index < -0.39 is 0 Å². The topological polar surface area (TPSA) is 60.2 Å². The smallest absolute Gasteiger partial charge is 0.222 e. The predicted molar refractivity (Wildman–Crippen MR) is 139 cm³/mol. The number of nitriles is 1. The number of carbonyl (C=O) groups is 1. The number of aryl methyl sites for hydroxylation is 1. The van der Waals surface area contributed by atoms with Crippen LogP contribution >= 0.6 is 31.9 Å². The van der Waals surface area contributed by atoms with E-state index >= 15 is 0 Å². The first-order valence-corrected chi connectivity index (χ1v) is 14.0. The lowest BCUT2D eigenvalue weighted by atomic mass is 9.76. The lowest BCUT2D eigenvalue weighted by Gasteiger charge is -2.37. The molecular weight excluding hydrogens is 556 g/mol. The van der Waals surface area contributed by atoms with E-state index in [9.17, 15) is 4.79 Å². The molecule has 0 radical (unpaired) electrons. The molecule has 5 nitrogen and oxygen atoms in total. The van der Waals surface area contributed by atoms with Gasteiger partial charge in [-0.25, -0.2) is 0 Å². The molecule has 0 N–H and O–H groups in total. The number of nitrogens with zero attached hydrogens (tertiary/aromatic N) is 4. The van der Waals surface area contributed by atoms with Crippen molar-refractivity contribution in [2.45, 2.75) is 50.9 Å². The monoisotopic (exact) mass is 584 g/mol. The van der Waals surface area contributed by atoms with Crippen molar-refractivity contribution in [1.29, 1.82) is 5.26 Å². The van der Waals surface area contributed by atoms with Gasteiger partial charge in [0.05, 0.1) is 5.69 Å². The van der Waals surface area contributed by atoms with Crippen molar-refractivity contribution >= 4 is 37.8 Å². The highest BCUT2D eigenvalue weighted by molar-refractivity contribution is 9.10. The van der Waals surface area contributed by atoms with Crippen molar-refractivity contribution in [2.24, 2.45) is 11.8 Å². The number of carbonyl (C=O) groups excluding carboxylic acids is 1. The molecule has 34 heavy (non-hydrogen) atoms. The summed E-state index contributed by atoms with van der Waals surface area (Å²) in [7, 11) is 0. The summed E-state index contributed by atoms with van der Waals surface area (Å²) in [5, 5.41) is 9.06. The molecule has 5 rings (SSSR count). The highest BCUT2D eigenvalue weighted by Crippen LogP contribution is 2.44. The van der Waals surface area contributed by atoms with Crippen LogP contribution in [0, 0.1) is 23.3 Å². The minimum Gasteiger partial charge on any atom is -0.343 e. The summed E-state index contributed by atoms with van der Waals surface area (Å²) in [6.07, 6.45) is 10.7. The molecule has 1 aliphatic carbocycles. The van der Waals surface area contributed by atoms with E-state index in [2.05, 4.69) is 67.2 Å². The number of likely N-dealkylation sites (tertiary alicyclic amines) is 2. The molecule has 1 unspecified atom stereocenters. The Labute approximate surface area is 218 Å². The quantitative estimate of drug-likeness (QED) is 0.436. The average Bonchev–Trinajstić information content (AvgIpc) is 3.02. The SMILES string of the molecule is N#CN1CCC(CC(=O)N2CCC(C3c4cccc(Br)c4CCc4cc(Br)cnc43)CC2)CC1. The highest BCUT2D eigenvalue weighted by atomic mass is 79.9. The maximum absolute atomic E-state index is 13.1. The summed E-state index contributed by atoms with van der Waals surface area (Å²) < 4.78 is 2.23. The predicted octanol–water partition coefficient (Wildman–Crippen LogP) is 5.66. The Balaban J connectivity index is 1.30. The number of hydrogen-bond donors (Lipinski definition) is 0. The first-order valence-electron chi connectivity index (χ1n) is 12.4. The van der Waals surface area contributed by atoms with Crippen LogP contribution in [0.15, 0.2) is 39.4 Å². The summed E-state index contributed by atoms with van der Waals surface area (Å²) in [5.74, 6) is 1.45. The zero-order chi connectivity index (χ0) is 23.7. The van der Waals surface area contributed by atoms with E-state index in [1.807, 2.05) is 6.20 Å². The molecule has 2 aromatic rings. The zero-order valence-corrected chi connectivity index (χ0v) is 22.5. The molecule has 2 fully saturated rings. The molecule has 1 atom stereocenters. The number of fused-ring (bicyclic) bond motifs is 2. The minimum absolute atomic E-state index is 0.269. The normalized spacial score (nSPS) is 21.4. The Morgan fingerprint density at radius 3 is 2.59 bits per heavy atom. The standard InChI is InChI=1S/C27H30Br2N4O/c28-21-15-20-4-5-22-23(2-1-3-24(22)29)26(27(20)31-16-21)19-8-12-33(13-9-19)25(34)14-18-6-10-32(17-30)11-7-18/h1-3,15-16,18-19,26H,4-14H2. The Morgan fingerprint density at radius 1 is 1.09 bits per heavy atom. The van der Waals surface area contributed by atoms with Crippen LogP contribution in [0.4, 0.5) is 0 Å². The van der Waals surface area contributed by atoms with Gasteiger partial charge >= 0.3 is 0 Å². The van der Waals surface area contributed by atoms with Crippen molar-refractivity contribution in [1.82, 2.24) is 14.8 Å². The fourth-order valence-corrected chi connectivity index (χ4v) is 7.04. The molecule has 7 heteroatoms. The van der Waals surface area contributed by atoms with Gasteiger partial charge in [0.25, 0.3) is 0 Å². The summed E-state index contributed by atoms with van der Waals surface area (Å²) >= 11 is 7.43. The third-order valence-electron chi connectivity index (χ3n) is 7.98. The Bertz CT molecular complexity index is 1100. The van der Waals surface area contributed by atoms with Crippen LogP contribution in [0.3, 0.4) is 0 Å². The van der Waals surface area contributed by atoms with Gasteiger partial charge in [0, 0.05) is 53.7 Å². The van der Waals surface area contributed by atoms with Gasteiger partial charge < -0.3 is 9.80 Å². The molecule has 0 saturated carbocycles. The molecule has 0 bridgehead atoms. The van der Waals surface area contributed by atoms with Crippen LogP contribution in [0.2, 0.25) is 0 Å². The van der Waals surface area contributed by atoms with Crippen molar-refractivity contribution in [3.05, 3.63) is 61.8 Å². The summed E-state index contributed by atoms with van der Waals surface area (Å²) in [4.78, 5) is 21.9. The second kappa shape index (κ2) is 10.4. The van der Waals surface area contributed by atoms with Gasteiger partial charge in [0.15, 0.2) is 6.19 Å². The van der Waals surface area contributed by atoms with Crippen LogP contribution in [-0.2, 0) is 17.6 Å². The van der Waals surface area contributed by atoms with Crippen molar-refractivity contribution in [3.63, 3.8) is 0 Å². The number of aromatic nitrogens is 1. The molecule has 178 valence electrons. The maximum Gasteiger partial charge on any atom is 0.222 e. The van der Waals surface area contributed by atoms with E-state index in [1.54, 1.807) is 4.90 Å². The number of pyridine rings is 1. The van der Waals surface area contributed by atoms with Gasteiger partial charge in [-0.1, -0.05) is 28.1 Å². The van der Waals surface area contributed by atoms with E-state index in [0.717, 1.165) is 69.2 Å². The summed E-state index contributed by atoms with van der Waals surface area (Å²) in [6, 6.07) is 8.83. The molecule has 3 heterocycles. The maximum atomic E-state index is 13.1. The number of halogens is 2. The van der Waals surface area contributed by atoms with Crippen LogP contribution < -0.4 is 0 Å². The number of hydrogen-bond acceptors (Lipinski definition) is 4. The van der Waals surface area contributed by atoms with Crippen molar-refractivity contribution in [2.75, 3.05) is 26.2 Å². The minimum atomic E-state index is 0.269. The van der Waals surface area contributed by atoms with Gasteiger partial charge in [0.2, 0.25) is 5.91 Å². The number of amides is 1. The molecule has 1 amide bonds. The van der Waals surface area contributed by atoms with Gasteiger partial charge in [-0.15, -0.1) is 0 Å². The van der Waals surface area contributed by atoms with Gasteiger partial charge in [-0.05, 0) is 95.1 Å². The molecule has 2 aliphatic heterocycles. The second-order valence-corrected chi connectivity index (χ2v) is 11.7. The molecular formula is C27H30Br2N4O. The van der Waals surface area contributed by atoms with Crippen LogP contribution in [0.5, 0.6) is 0 Å². The van der Waals surface area contributed by atoms with Gasteiger partial charge in [0.1, 0.15) is 0 Å². The van der Waals surface area contributed by atoms with Crippen LogP contribution in [0.25, 0.3) is 0 Å². The molecule has 0 spiro atoms. The highest BCUT2D eigenvalue weighted by Gasteiger charge is 2.35. The molecule has 1 aromatic heterocycles. The lowest BCUT2D eigenvalue weighted by Crippen LogP contribution is -2.41. The Hall–Kier alpha value is -1.91. The van der Waals surface area contributed by atoms with Gasteiger partial charge in [-0.3, -0.25) is 9.78 Å². The third kappa shape index (κ3) is 4.90. The fourth-order valence-electron chi connectivity index (χ4n) is 6.08. The lowest BCUT2D eigenvalue weighted by molar-refractivity contribution is -0.134. The van der Waals surface area contributed by atoms with E-state index in [1.165, 1.54) is 26.9 Å². The zero-order valence-electron chi connectivity index (χ0n) is 19.4. The van der Waals surface area contributed by atoms with Crippen LogP contribution in [-0.4, -0.2) is 46.9 Å². The first kappa shape index (κ1) is 23.8. The average molecular weight is 586 g/mol. The van der Waals surface area contributed by atoms with E-state index in [4.69, 9.17) is 10.2 Å². The summed E-state index contributed by atoms with van der Waals surface area (Å²) in [6.45, 7) is 3.23. The number of rotatable bonds is 3. The molecule has 2 saturated heterocycles. The van der Waals surface area contributed by atoms with Crippen LogP contribution in [0.1, 0.15) is 60.4 Å². The summed E-state index contributed by atoms with van der Waals surface area (Å²) in [5.41, 5.74) is 5.36. The number of piperidine rings is 2. The molecule has 3 aliphatic rings. The Morgan fingerprint density at radius 2 is 1.85 bits per heavy atom. The van der Waals surface area contributed by atoms with E-state index in [-0.39, 0.29) is 5.92 Å². The largest absolute Gasteiger partial charge is 0.343 e. The number of benzene rings is 1. The van der Waals surface area contributed by atoms with Gasteiger partial charge in [-0.2, -0.15) is 5.26 Å².